The van der Waals surface area contributed by atoms with Gasteiger partial charge in [0.05, 0.1) is 0 Å². The maximum Gasteiger partial charge on any atom is 0.0159 e. The second kappa shape index (κ2) is 10.9. The maximum absolute atomic E-state index is 2.48. The SMILES string of the molecule is Cc1ccc(-c2c3ccccc3c(-c3ccc4c(c3)-c3ccccc3C4(C)C)c3cc(-c4ccc5c(c4)C(C)(C)c4ccccc4-5)ccc23)cc1C. The van der Waals surface area contributed by atoms with Gasteiger partial charge in [0.15, 0.2) is 0 Å². The van der Waals surface area contributed by atoms with Gasteiger partial charge in [0.25, 0.3) is 0 Å². The lowest BCUT2D eigenvalue weighted by Crippen LogP contribution is -2.14. The highest BCUT2D eigenvalue weighted by Crippen LogP contribution is 2.53. The van der Waals surface area contributed by atoms with Crippen molar-refractivity contribution in [1.29, 1.82) is 0 Å². The summed E-state index contributed by atoms with van der Waals surface area (Å²) in [6.07, 6.45) is 0. The first-order chi connectivity index (χ1) is 25.1. The van der Waals surface area contributed by atoms with Crippen LogP contribution in [0, 0.1) is 13.8 Å². The minimum absolute atomic E-state index is 0.0318. The van der Waals surface area contributed by atoms with Crippen LogP contribution in [-0.4, -0.2) is 0 Å². The highest BCUT2D eigenvalue weighted by atomic mass is 14.4. The summed E-state index contributed by atoms with van der Waals surface area (Å²) in [5.41, 5.74) is 21.3. The zero-order valence-electron chi connectivity index (χ0n) is 30.9. The molecular formula is C52H42. The first-order valence-corrected chi connectivity index (χ1v) is 18.7. The van der Waals surface area contributed by atoms with E-state index in [2.05, 4.69) is 187 Å². The molecule has 250 valence electrons. The molecule has 0 bridgehead atoms. The fourth-order valence-corrected chi connectivity index (χ4v) is 9.64. The van der Waals surface area contributed by atoms with Crippen molar-refractivity contribution in [3.63, 3.8) is 0 Å². The van der Waals surface area contributed by atoms with E-state index in [4.69, 9.17) is 0 Å². The summed E-state index contributed by atoms with van der Waals surface area (Å²) in [5, 5.41) is 5.16. The van der Waals surface area contributed by atoms with Gasteiger partial charge in [-0.05, 0) is 143 Å². The number of hydrogen-bond donors (Lipinski definition) is 0. The van der Waals surface area contributed by atoms with Crippen LogP contribution in [0.5, 0.6) is 0 Å². The van der Waals surface area contributed by atoms with Gasteiger partial charge in [-0.25, -0.2) is 0 Å². The molecule has 0 unspecified atom stereocenters. The van der Waals surface area contributed by atoms with Gasteiger partial charge in [-0.1, -0.05) is 155 Å². The lowest BCUT2D eigenvalue weighted by atomic mass is 9.80. The van der Waals surface area contributed by atoms with E-state index in [0.29, 0.717) is 0 Å². The average molecular weight is 667 g/mol. The Labute approximate surface area is 307 Å². The van der Waals surface area contributed by atoms with Crippen LogP contribution in [0.25, 0.3) is 77.2 Å². The van der Waals surface area contributed by atoms with Gasteiger partial charge in [-0.3, -0.25) is 0 Å². The third kappa shape index (κ3) is 4.28. The number of aryl methyl sites for hydroxylation is 2. The van der Waals surface area contributed by atoms with Crippen LogP contribution in [0.4, 0.5) is 0 Å². The van der Waals surface area contributed by atoms with Crippen molar-refractivity contribution in [3.05, 3.63) is 179 Å². The van der Waals surface area contributed by atoms with Crippen molar-refractivity contribution in [2.24, 2.45) is 0 Å². The van der Waals surface area contributed by atoms with Crippen LogP contribution in [0.2, 0.25) is 0 Å². The smallest absolute Gasteiger partial charge is 0.0159 e. The molecule has 52 heavy (non-hydrogen) atoms. The van der Waals surface area contributed by atoms with Gasteiger partial charge in [0.2, 0.25) is 0 Å². The quantitative estimate of drug-likeness (QED) is 0.165. The Morgan fingerprint density at radius 1 is 0.308 bits per heavy atom. The van der Waals surface area contributed by atoms with Crippen molar-refractivity contribution in [1.82, 2.24) is 0 Å². The van der Waals surface area contributed by atoms with Crippen LogP contribution in [0.1, 0.15) is 61.1 Å². The van der Waals surface area contributed by atoms with E-state index >= 15 is 0 Å². The monoisotopic (exact) mass is 666 g/mol. The van der Waals surface area contributed by atoms with E-state index in [-0.39, 0.29) is 10.8 Å². The Balaban J connectivity index is 1.27. The summed E-state index contributed by atoms with van der Waals surface area (Å²) in [6.45, 7) is 13.9. The normalized spacial score (nSPS) is 14.7. The summed E-state index contributed by atoms with van der Waals surface area (Å²) in [7, 11) is 0. The molecule has 0 fully saturated rings. The van der Waals surface area contributed by atoms with Crippen molar-refractivity contribution in [3.8, 4) is 55.6 Å². The van der Waals surface area contributed by atoms with Gasteiger partial charge < -0.3 is 0 Å². The molecule has 0 spiro atoms. The zero-order chi connectivity index (χ0) is 35.5. The number of hydrogen-bond acceptors (Lipinski definition) is 0. The zero-order valence-corrected chi connectivity index (χ0v) is 30.9. The summed E-state index contributed by atoms with van der Waals surface area (Å²) in [4.78, 5) is 0. The fourth-order valence-electron chi connectivity index (χ4n) is 9.64. The topological polar surface area (TPSA) is 0 Å². The van der Waals surface area contributed by atoms with Crippen LogP contribution < -0.4 is 0 Å². The largest absolute Gasteiger partial charge is 0.0619 e. The van der Waals surface area contributed by atoms with E-state index in [1.807, 2.05) is 0 Å². The molecule has 0 N–H and O–H groups in total. The molecule has 2 aliphatic rings. The van der Waals surface area contributed by atoms with E-state index in [0.717, 1.165) is 0 Å². The Kier molecular flexibility index (Phi) is 6.50. The van der Waals surface area contributed by atoms with Crippen LogP contribution in [0.15, 0.2) is 146 Å². The molecule has 0 aliphatic heterocycles. The molecule has 0 atom stereocenters. The molecule has 8 aromatic carbocycles. The molecular weight excluding hydrogens is 625 g/mol. The molecule has 0 heteroatoms. The predicted octanol–water partition coefficient (Wildman–Crippen LogP) is 14.2. The van der Waals surface area contributed by atoms with Crippen molar-refractivity contribution < 1.29 is 0 Å². The van der Waals surface area contributed by atoms with Crippen LogP contribution in [-0.2, 0) is 10.8 Å². The molecule has 0 aromatic heterocycles. The van der Waals surface area contributed by atoms with Gasteiger partial charge in [0, 0.05) is 10.8 Å². The minimum atomic E-state index is -0.0505. The fraction of sp³-hybridized carbons (Fsp3) is 0.154. The van der Waals surface area contributed by atoms with Crippen molar-refractivity contribution in [2.45, 2.75) is 52.4 Å². The van der Waals surface area contributed by atoms with Crippen LogP contribution >= 0.6 is 0 Å². The van der Waals surface area contributed by atoms with E-state index in [9.17, 15) is 0 Å². The molecule has 0 saturated carbocycles. The summed E-state index contributed by atoms with van der Waals surface area (Å²) < 4.78 is 0. The van der Waals surface area contributed by atoms with Crippen molar-refractivity contribution >= 4 is 21.5 Å². The van der Waals surface area contributed by atoms with Crippen molar-refractivity contribution in [2.75, 3.05) is 0 Å². The second-order valence-electron chi connectivity index (χ2n) is 16.2. The van der Waals surface area contributed by atoms with Gasteiger partial charge in [0.1, 0.15) is 0 Å². The van der Waals surface area contributed by atoms with Crippen LogP contribution in [0.3, 0.4) is 0 Å². The highest BCUT2D eigenvalue weighted by molar-refractivity contribution is 6.22. The third-order valence-electron chi connectivity index (χ3n) is 12.6. The molecule has 10 rings (SSSR count). The molecule has 0 amide bonds. The molecule has 2 aliphatic carbocycles. The lowest BCUT2D eigenvalue weighted by Gasteiger charge is -2.23. The predicted molar refractivity (Wildman–Crippen MR) is 222 cm³/mol. The van der Waals surface area contributed by atoms with Gasteiger partial charge in [-0.15, -0.1) is 0 Å². The molecule has 0 nitrogen and oxygen atoms in total. The number of rotatable bonds is 3. The molecule has 0 heterocycles. The Morgan fingerprint density at radius 3 is 1.50 bits per heavy atom. The Hall–Kier alpha value is -5.72. The summed E-state index contributed by atoms with van der Waals surface area (Å²) >= 11 is 0. The third-order valence-corrected chi connectivity index (χ3v) is 12.6. The number of fused-ring (bicyclic) bond motifs is 8. The maximum atomic E-state index is 2.48. The van der Waals surface area contributed by atoms with Gasteiger partial charge in [-0.2, -0.15) is 0 Å². The standard InChI is InChI=1S/C52H42/c1-31-19-20-35(27-32(31)2)49-40-15-7-8-16-41(40)50(36-23-26-47-43(29-36)38-14-10-12-18-46(38)51(47,3)4)44-28-33(22-25-42(44)49)34-21-24-39-37-13-9-11-17-45(37)52(5,6)48(39)30-34/h7-30H,1-6H3. The molecule has 0 radical (unpaired) electrons. The Morgan fingerprint density at radius 2 is 0.788 bits per heavy atom. The molecule has 8 aromatic rings. The second-order valence-corrected chi connectivity index (χ2v) is 16.2. The highest BCUT2D eigenvalue weighted by Gasteiger charge is 2.36. The first kappa shape index (κ1) is 31.1. The summed E-state index contributed by atoms with van der Waals surface area (Å²) in [5.74, 6) is 0. The Bertz CT molecular complexity index is 2800. The summed E-state index contributed by atoms with van der Waals surface area (Å²) in [6, 6.07) is 55.5. The van der Waals surface area contributed by atoms with E-state index < -0.39 is 0 Å². The van der Waals surface area contributed by atoms with Gasteiger partial charge >= 0.3 is 0 Å². The van der Waals surface area contributed by atoms with E-state index in [1.165, 1.54) is 111 Å². The number of benzene rings is 8. The first-order valence-electron chi connectivity index (χ1n) is 18.7. The molecule has 0 saturated heterocycles. The van der Waals surface area contributed by atoms with E-state index in [1.54, 1.807) is 0 Å². The lowest BCUT2D eigenvalue weighted by molar-refractivity contribution is 0.660. The minimum Gasteiger partial charge on any atom is -0.0619 e. The average Bonchev–Trinajstić information content (AvgIpc) is 3.53.